The van der Waals surface area contributed by atoms with Gasteiger partial charge in [-0.2, -0.15) is 9.97 Å². The van der Waals surface area contributed by atoms with Crippen LogP contribution in [0.5, 0.6) is 6.01 Å². The number of benzene rings is 1. The van der Waals surface area contributed by atoms with Crippen LogP contribution in [0.2, 0.25) is 0 Å². The van der Waals surface area contributed by atoms with Crippen molar-refractivity contribution in [2.24, 2.45) is 5.92 Å². The Hall–Kier alpha value is -3.11. The molecule has 2 amide bonds. The first-order valence-electron chi connectivity index (χ1n) is 12.6. The maximum atomic E-state index is 12.7. The second-order valence-corrected chi connectivity index (χ2v) is 9.60. The third-order valence-corrected chi connectivity index (χ3v) is 7.06. The normalized spacial score (nSPS) is 19.1. The molecule has 4 heterocycles. The lowest BCUT2D eigenvalue weighted by Crippen LogP contribution is -2.50. The van der Waals surface area contributed by atoms with Crippen LogP contribution in [0, 0.1) is 5.92 Å². The Balaban J connectivity index is 1.32. The number of aromatic nitrogens is 2. The van der Waals surface area contributed by atoms with Crippen molar-refractivity contribution in [3.05, 3.63) is 35.4 Å². The van der Waals surface area contributed by atoms with E-state index in [9.17, 15) is 4.79 Å². The molecule has 5 rings (SSSR count). The summed E-state index contributed by atoms with van der Waals surface area (Å²) in [5.74, 6) is 1.32. The summed E-state index contributed by atoms with van der Waals surface area (Å²) < 4.78 is 11.3. The number of hydrogen-bond acceptors (Lipinski definition) is 8. The molecule has 10 heteroatoms. The molecular formula is C25H35N7O3. The minimum absolute atomic E-state index is 0.199. The second-order valence-electron chi connectivity index (χ2n) is 9.60. The highest BCUT2D eigenvalue weighted by molar-refractivity contribution is 5.99. The number of nitrogens with one attached hydrogen (secondary N) is 1. The summed E-state index contributed by atoms with van der Waals surface area (Å²) >= 11 is 0. The molecule has 10 nitrogen and oxygen atoms in total. The molecule has 2 aromatic rings. The average molecular weight is 482 g/mol. The molecule has 35 heavy (non-hydrogen) atoms. The van der Waals surface area contributed by atoms with E-state index in [1.165, 1.54) is 23.4 Å². The molecular weight excluding hydrogens is 446 g/mol. The van der Waals surface area contributed by atoms with Crippen LogP contribution >= 0.6 is 0 Å². The van der Waals surface area contributed by atoms with Gasteiger partial charge in [0.05, 0.1) is 13.2 Å². The molecule has 3 aliphatic heterocycles. The zero-order valence-corrected chi connectivity index (χ0v) is 20.4. The molecule has 188 valence electrons. The van der Waals surface area contributed by atoms with Crippen molar-refractivity contribution in [1.29, 1.82) is 0 Å². The van der Waals surface area contributed by atoms with Gasteiger partial charge in [0, 0.05) is 26.8 Å². The Morgan fingerprint density at radius 2 is 1.89 bits per heavy atom. The van der Waals surface area contributed by atoms with Crippen LogP contribution in [0.1, 0.15) is 43.2 Å². The van der Waals surface area contributed by atoms with Crippen molar-refractivity contribution < 1.29 is 14.3 Å². The molecule has 2 saturated heterocycles. The fourth-order valence-electron chi connectivity index (χ4n) is 4.99. The average Bonchev–Trinajstić information content (AvgIpc) is 3.37. The number of carbonyl (C=O) groups excluding carboxylic acids is 1. The van der Waals surface area contributed by atoms with E-state index >= 15 is 0 Å². The highest BCUT2D eigenvalue weighted by Crippen LogP contribution is 2.36. The zero-order valence-electron chi connectivity index (χ0n) is 20.4. The van der Waals surface area contributed by atoms with Gasteiger partial charge in [-0.05, 0) is 62.2 Å². The quantitative estimate of drug-likeness (QED) is 0.591. The number of hydrogen-bond donors (Lipinski definition) is 2. The minimum Gasteiger partial charge on any atom is -0.463 e. The van der Waals surface area contributed by atoms with Crippen LogP contribution in [0.4, 0.5) is 22.1 Å². The Morgan fingerprint density at radius 1 is 1.14 bits per heavy atom. The van der Waals surface area contributed by atoms with Gasteiger partial charge >= 0.3 is 12.0 Å². The van der Waals surface area contributed by atoms with Crippen LogP contribution in [0.25, 0.3) is 0 Å². The molecule has 3 N–H and O–H groups in total. The maximum absolute atomic E-state index is 12.7. The largest absolute Gasteiger partial charge is 0.463 e. The van der Waals surface area contributed by atoms with Crippen molar-refractivity contribution in [2.45, 2.75) is 45.2 Å². The Labute approximate surface area is 206 Å². The number of nitrogens with zero attached hydrogens (tertiary/aromatic N) is 5. The molecule has 0 bridgehead atoms. The highest BCUT2D eigenvalue weighted by Gasteiger charge is 2.31. The molecule has 0 saturated carbocycles. The summed E-state index contributed by atoms with van der Waals surface area (Å²) in [4.78, 5) is 24.1. The lowest BCUT2D eigenvalue weighted by atomic mass is 9.97. The summed E-state index contributed by atoms with van der Waals surface area (Å²) in [7, 11) is 1.72. The number of amides is 2. The summed E-state index contributed by atoms with van der Waals surface area (Å²) in [6.07, 6.45) is 5.57. The van der Waals surface area contributed by atoms with Gasteiger partial charge < -0.3 is 15.2 Å². The SMILES string of the molecule is CN1C(=O)Nc2c(N)nc(OCCC3CCOCC3)nc2N1Cc1cccc(CN2CCCC2)c1. The van der Waals surface area contributed by atoms with Gasteiger partial charge in [0.1, 0.15) is 5.69 Å². The first kappa shape index (κ1) is 23.6. The van der Waals surface area contributed by atoms with Crippen LogP contribution in [0.15, 0.2) is 24.3 Å². The van der Waals surface area contributed by atoms with Gasteiger partial charge in [0.15, 0.2) is 11.6 Å². The van der Waals surface area contributed by atoms with Crippen LogP contribution in [-0.4, -0.2) is 65.9 Å². The van der Waals surface area contributed by atoms with E-state index < -0.39 is 0 Å². The number of anilines is 3. The summed E-state index contributed by atoms with van der Waals surface area (Å²) in [5.41, 5.74) is 9.00. The van der Waals surface area contributed by atoms with E-state index in [0.29, 0.717) is 30.6 Å². The number of fused-ring (bicyclic) bond motifs is 1. The predicted octanol–water partition coefficient (Wildman–Crippen LogP) is 3.25. The van der Waals surface area contributed by atoms with Crippen molar-refractivity contribution >= 4 is 23.4 Å². The van der Waals surface area contributed by atoms with Gasteiger partial charge in [-0.3, -0.25) is 15.2 Å². The fraction of sp³-hybridized carbons (Fsp3) is 0.560. The van der Waals surface area contributed by atoms with Crippen molar-refractivity contribution in [3.8, 4) is 6.01 Å². The minimum atomic E-state index is -0.283. The highest BCUT2D eigenvalue weighted by atomic mass is 16.5. The first-order valence-corrected chi connectivity index (χ1v) is 12.6. The second kappa shape index (κ2) is 10.7. The third-order valence-electron chi connectivity index (χ3n) is 7.06. The molecule has 0 radical (unpaired) electrons. The van der Waals surface area contributed by atoms with E-state index in [0.717, 1.165) is 57.7 Å². The third kappa shape index (κ3) is 5.59. The number of hydrazine groups is 1. The number of urea groups is 1. The van der Waals surface area contributed by atoms with E-state index in [-0.39, 0.29) is 17.9 Å². The van der Waals surface area contributed by atoms with Crippen molar-refractivity contribution in [3.63, 3.8) is 0 Å². The number of likely N-dealkylation sites (tertiary alicyclic amines) is 1. The lowest BCUT2D eigenvalue weighted by Gasteiger charge is -2.38. The predicted molar refractivity (Wildman–Crippen MR) is 134 cm³/mol. The van der Waals surface area contributed by atoms with Gasteiger partial charge in [-0.15, -0.1) is 0 Å². The summed E-state index contributed by atoms with van der Waals surface area (Å²) in [6.45, 7) is 5.87. The molecule has 0 aliphatic carbocycles. The van der Waals surface area contributed by atoms with E-state index in [1.54, 1.807) is 7.05 Å². The van der Waals surface area contributed by atoms with Gasteiger partial charge in [-0.1, -0.05) is 24.3 Å². The first-order chi connectivity index (χ1) is 17.1. The van der Waals surface area contributed by atoms with Crippen LogP contribution in [0.3, 0.4) is 0 Å². The van der Waals surface area contributed by atoms with Crippen LogP contribution < -0.4 is 20.8 Å². The smallest absolute Gasteiger partial charge is 0.340 e. The molecule has 3 aliphatic rings. The number of ether oxygens (including phenoxy) is 2. The Bertz CT molecular complexity index is 1040. The molecule has 0 unspecified atom stereocenters. The van der Waals surface area contributed by atoms with Crippen molar-refractivity contribution in [2.75, 3.05) is 56.0 Å². The van der Waals surface area contributed by atoms with E-state index in [4.69, 9.17) is 15.2 Å². The number of nitrogens with two attached hydrogens (primary N) is 1. The molecule has 0 atom stereocenters. The summed E-state index contributed by atoms with van der Waals surface area (Å²) in [5, 5.41) is 6.16. The number of nitrogen functional groups attached to an aromatic ring is 1. The van der Waals surface area contributed by atoms with Gasteiger partial charge in [0.2, 0.25) is 0 Å². The van der Waals surface area contributed by atoms with Gasteiger partial charge in [-0.25, -0.2) is 9.80 Å². The Kier molecular flexibility index (Phi) is 7.19. The van der Waals surface area contributed by atoms with E-state index in [1.807, 2.05) is 5.01 Å². The standard InChI is InChI=1S/C25H35N7O3/c1-30-25(33)27-21-22(26)28-24(35-14-9-18-7-12-34-13-8-18)29-23(21)32(30)17-20-6-4-5-19(15-20)16-31-10-2-3-11-31/h4-6,15,18H,2-3,7-14,16-17H2,1H3,(H,27,33)(H2,26,28,29). The monoisotopic (exact) mass is 481 g/mol. The lowest BCUT2D eigenvalue weighted by molar-refractivity contribution is 0.0589. The number of carbonyl (C=O) groups is 1. The fourth-order valence-corrected chi connectivity index (χ4v) is 4.99. The van der Waals surface area contributed by atoms with Gasteiger partial charge in [0.25, 0.3) is 0 Å². The number of rotatable bonds is 8. The van der Waals surface area contributed by atoms with E-state index in [2.05, 4.69) is 44.5 Å². The molecule has 1 aromatic heterocycles. The molecule has 1 aromatic carbocycles. The Morgan fingerprint density at radius 3 is 2.66 bits per heavy atom. The van der Waals surface area contributed by atoms with Crippen molar-refractivity contribution in [1.82, 2.24) is 19.9 Å². The zero-order chi connectivity index (χ0) is 24.2. The molecule has 0 spiro atoms. The molecule has 2 fully saturated rings. The van der Waals surface area contributed by atoms with Crippen LogP contribution in [-0.2, 0) is 17.8 Å². The maximum Gasteiger partial charge on any atom is 0.340 e. The topological polar surface area (TPSA) is 109 Å². The summed E-state index contributed by atoms with van der Waals surface area (Å²) in [6, 6.07) is 8.45.